The SMILES string of the molecule is CC#N.CC(C)C1=CC=CCC=C1. The second-order valence-corrected chi connectivity index (χ2v) is 3.11. The Hall–Kier alpha value is -1.29. The lowest BCUT2D eigenvalue weighted by molar-refractivity contribution is 0.792. The van der Waals surface area contributed by atoms with Crippen molar-refractivity contribution in [3.05, 3.63) is 36.0 Å². The molecular formula is C12H17N. The van der Waals surface area contributed by atoms with Gasteiger partial charge < -0.3 is 0 Å². The van der Waals surface area contributed by atoms with Crippen molar-refractivity contribution in [2.24, 2.45) is 5.92 Å². The van der Waals surface area contributed by atoms with Crippen LogP contribution in [-0.2, 0) is 0 Å². The molecule has 0 unspecified atom stereocenters. The molecule has 0 heterocycles. The molecule has 0 bridgehead atoms. The third-order valence-electron chi connectivity index (χ3n) is 1.67. The molecule has 0 aromatic rings. The van der Waals surface area contributed by atoms with Gasteiger partial charge in [-0.2, -0.15) is 5.26 Å². The number of nitrogens with zero attached hydrogens (tertiary/aromatic N) is 1. The second-order valence-electron chi connectivity index (χ2n) is 3.11. The van der Waals surface area contributed by atoms with E-state index in [9.17, 15) is 0 Å². The summed E-state index contributed by atoms with van der Waals surface area (Å²) in [5.74, 6) is 0.652. The summed E-state index contributed by atoms with van der Waals surface area (Å²) in [6.07, 6.45) is 12.0. The number of allylic oxidation sites excluding steroid dienone is 6. The van der Waals surface area contributed by atoms with E-state index in [0.29, 0.717) is 5.92 Å². The van der Waals surface area contributed by atoms with Gasteiger partial charge in [0.25, 0.3) is 0 Å². The zero-order valence-electron chi connectivity index (χ0n) is 8.62. The van der Waals surface area contributed by atoms with E-state index in [0.717, 1.165) is 6.42 Å². The van der Waals surface area contributed by atoms with Gasteiger partial charge in [0.15, 0.2) is 0 Å². The van der Waals surface area contributed by atoms with Crippen LogP contribution in [0.3, 0.4) is 0 Å². The minimum absolute atomic E-state index is 0.652. The first-order valence-electron chi connectivity index (χ1n) is 4.56. The fourth-order valence-electron chi connectivity index (χ4n) is 0.981. The zero-order chi connectivity index (χ0) is 10.1. The minimum atomic E-state index is 0.652. The molecule has 0 saturated carbocycles. The average molecular weight is 175 g/mol. The van der Waals surface area contributed by atoms with Gasteiger partial charge in [0.1, 0.15) is 0 Å². The molecule has 0 atom stereocenters. The lowest BCUT2D eigenvalue weighted by Gasteiger charge is -2.02. The molecule has 1 aliphatic carbocycles. The number of hydrogen-bond donors (Lipinski definition) is 0. The van der Waals surface area contributed by atoms with Crippen molar-refractivity contribution >= 4 is 0 Å². The highest BCUT2D eigenvalue weighted by atomic mass is 14.2. The predicted octanol–water partition coefficient (Wildman–Crippen LogP) is 3.61. The summed E-state index contributed by atoms with van der Waals surface area (Å²) in [5.41, 5.74) is 1.42. The van der Waals surface area contributed by atoms with Gasteiger partial charge in [-0.05, 0) is 17.9 Å². The first-order valence-corrected chi connectivity index (χ1v) is 4.56. The Kier molecular flexibility index (Phi) is 6.63. The van der Waals surface area contributed by atoms with E-state index in [1.54, 1.807) is 6.07 Å². The zero-order valence-corrected chi connectivity index (χ0v) is 8.62. The Labute approximate surface area is 81.1 Å². The summed E-state index contributed by atoms with van der Waals surface area (Å²) >= 11 is 0. The van der Waals surface area contributed by atoms with Crippen LogP contribution < -0.4 is 0 Å². The molecule has 0 aromatic heterocycles. The smallest absolute Gasteiger partial charge is 0.0587 e. The van der Waals surface area contributed by atoms with Crippen LogP contribution in [0.1, 0.15) is 27.2 Å². The quantitative estimate of drug-likeness (QED) is 0.597. The summed E-state index contributed by atoms with van der Waals surface area (Å²) in [6.45, 7) is 5.87. The van der Waals surface area contributed by atoms with Crippen molar-refractivity contribution in [1.29, 1.82) is 5.26 Å². The fraction of sp³-hybridized carbons (Fsp3) is 0.417. The Morgan fingerprint density at radius 1 is 1.38 bits per heavy atom. The van der Waals surface area contributed by atoms with Crippen LogP contribution >= 0.6 is 0 Å². The van der Waals surface area contributed by atoms with E-state index < -0.39 is 0 Å². The van der Waals surface area contributed by atoms with Crippen molar-refractivity contribution in [2.75, 3.05) is 0 Å². The molecule has 0 spiro atoms. The summed E-state index contributed by atoms with van der Waals surface area (Å²) < 4.78 is 0. The Balaban J connectivity index is 0.000000424. The van der Waals surface area contributed by atoms with Gasteiger partial charge >= 0.3 is 0 Å². The highest BCUT2D eigenvalue weighted by Gasteiger charge is 1.97. The summed E-state index contributed by atoms with van der Waals surface area (Å²) in [5, 5.41) is 7.32. The van der Waals surface area contributed by atoms with Crippen LogP contribution in [0.15, 0.2) is 36.0 Å². The standard InChI is InChI=1S/C10H14.C2H3N/c1-9(2)10-7-5-3-4-6-8-10;1-2-3/h3,5-9H,4H2,1-2H3;1H3. The van der Waals surface area contributed by atoms with E-state index in [1.807, 2.05) is 0 Å². The Morgan fingerprint density at radius 2 is 2.00 bits per heavy atom. The Bertz CT molecular complexity index is 249. The topological polar surface area (TPSA) is 23.8 Å². The maximum absolute atomic E-state index is 7.32. The fourth-order valence-corrected chi connectivity index (χ4v) is 0.981. The molecule has 1 rings (SSSR count). The molecule has 0 aliphatic heterocycles. The first kappa shape index (κ1) is 11.7. The minimum Gasteiger partial charge on any atom is -0.199 e. The molecule has 0 saturated heterocycles. The summed E-state index contributed by atoms with van der Waals surface area (Å²) in [7, 11) is 0. The van der Waals surface area contributed by atoms with E-state index >= 15 is 0 Å². The van der Waals surface area contributed by atoms with E-state index in [1.165, 1.54) is 12.5 Å². The van der Waals surface area contributed by atoms with Gasteiger partial charge in [-0.3, -0.25) is 0 Å². The molecule has 0 fully saturated rings. The second kappa shape index (κ2) is 7.36. The van der Waals surface area contributed by atoms with Crippen molar-refractivity contribution < 1.29 is 0 Å². The number of hydrogen-bond acceptors (Lipinski definition) is 1. The van der Waals surface area contributed by atoms with Crippen LogP contribution in [0.4, 0.5) is 0 Å². The van der Waals surface area contributed by atoms with E-state index in [-0.39, 0.29) is 0 Å². The van der Waals surface area contributed by atoms with Crippen LogP contribution in [0.25, 0.3) is 0 Å². The molecule has 0 N–H and O–H groups in total. The lowest BCUT2D eigenvalue weighted by Crippen LogP contribution is -1.88. The summed E-state index contributed by atoms with van der Waals surface area (Å²) in [4.78, 5) is 0. The van der Waals surface area contributed by atoms with Crippen molar-refractivity contribution in [1.82, 2.24) is 0 Å². The van der Waals surface area contributed by atoms with Gasteiger partial charge in [-0.1, -0.05) is 44.2 Å². The van der Waals surface area contributed by atoms with Crippen LogP contribution in [0.5, 0.6) is 0 Å². The van der Waals surface area contributed by atoms with Crippen LogP contribution in [0.2, 0.25) is 0 Å². The third kappa shape index (κ3) is 5.93. The number of rotatable bonds is 1. The van der Waals surface area contributed by atoms with E-state index in [2.05, 4.69) is 44.2 Å². The molecule has 1 aliphatic rings. The maximum atomic E-state index is 7.32. The first-order chi connectivity index (χ1) is 6.22. The van der Waals surface area contributed by atoms with Gasteiger partial charge in [0, 0.05) is 6.92 Å². The molecule has 70 valence electrons. The summed E-state index contributed by atoms with van der Waals surface area (Å²) in [6, 6.07) is 1.75. The van der Waals surface area contributed by atoms with Gasteiger partial charge in [-0.25, -0.2) is 0 Å². The highest BCUT2D eigenvalue weighted by molar-refractivity contribution is 5.28. The van der Waals surface area contributed by atoms with Crippen LogP contribution in [-0.4, -0.2) is 0 Å². The van der Waals surface area contributed by atoms with E-state index in [4.69, 9.17) is 5.26 Å². The molecule has 0 radical (unpaired) electrons. The lowest BCUT2D eigenvalue weighted by atomic mass is 10.0. The average Bonchev–Trinajstić information content (AvgIpc) is 2.32. The van der Waals surface area contributed by atoms with Crippen molar-refractivity contribution in [2.45, 2.75) is 27.2 Å². The Morgan fingerprint density at radius 3 is 2.54 bits per heavy atom. The van der Waals surface area contributed by atoms with Gasteiger partial charge in [0.2, 0.25) is 0 Å². The third-order valence-corrected chi connectivity index (χ3v) is 1.67. The maximum Gasteiger partial charge on any atom is 0.0587 e. The van der Waals surface area contributed by atoms with Gasteiger partial charge in [-0.15, -0.1) is 0 Å². The van der Waals surface area contributed by atoms with Crippen LogP contribution in [0, 0.1) is 17.2 Å². The van der Waals surface area contributed by atoms with Gasteiger partial charge in [0.05, 0.1) is 6.07 Å². The van der Waals surface area contributed by atoms with Crippen molar-refractivity contribution in [3.8, 4) is 6.07 Å². The molecule has 1 heteroatoms. The van der Waals surface area contributed by atoms with Crippen molar-refractivity contribution in [3.63, 3.8) is 0 Å². The molecule has 0 amide bonds. The molecule has 13 heavy (non-hydrogen) atoms. The highest BCUT2D eigenvalue weighted by Crippen LogP contribution is 2.13. The normalized spacial score (nSPS) is 13.9. The molecular weight excluding hydrogens is 158 g/mol. The number of nitriles is 1. The predicted molar refractivity (Wildman–Crippen MR) is 57.1 cm³/mol. The molecule has 0 aromatic carbocycles. The largest absolute Gasteiger partial charge is 0.199 e. The molecule has 1 nitrogen and oxygen atoms in total. The monoisotopic (exact) mass is 175 g/mol.